The molecule has 3 rings (SSSR count). The Kier molecular flexibility index (Phi) is 19.2. The molecule has 0 aromatic heterocycles. The zero-order valence-electron chi connectivity index (χ0n) is 34.1. The Balaban J connectivity index is 1.41. The molecule has 0 saturated carbocycles. The normalized spacial score (nSPS) is 14.7. The van der Waals surface area contributed by atoms with Crippen molar-refractivity contribution in [2.24, 2.45) is 5.41 Å². The van der Waals surface area contributed by atoms with E-state index in [9.17, 15) is 38.4 Å². The molecule has 8 amide bonds. The summed E-state index contributed by atoms with van der Waals surface area (Å²) in [6.07, 6.45) is 4.39. The highest BCUT2D eigenvalue weighted by molar-refractivity contribution is 6.17. The fraction of sp³-hybridized carbons (Fsp3) is 0.476. The van der Waals surface area contributed by atoms with Crippen LogP contribution in [0.25, 0.3) is 0 Å². The van der Waals surface area contributed by atoms with Gasteiger partial charge in [-0.1, -0.05) is 63.2 Å². The number of imide groups is 1. The molecule has 2 aromatic rings. The van der Waals surface area contributed by atoms with Crippen LogP contribution in [-0.4, -0.2) is 103 Å². The summed E-state index contributed by atoms with van der Waals surface area (Å²) in [7, 11) is 0. The van der Waals surface area contributed by atoms with Crippen LogP contribution in [0.4, 0.5) is 5.69 Å². The number of halogens is 1. The highest BCUT2D eigenvalue weighted by Crippen LogP contribution is 2.28. The number of carbonyl (C=O) groups is 8. The second kappa shape index (κ2) is 23.7. The van der Waals surface area contributed by atoms with Crippen molar-refractivity contribution in [1.82, 2.24) is 31.5 Å². The third-order valence-corrected chi connectivity index (χ3v) is 10.5. The van der Waals surface area contributed by atoms with Crippen molar-refractivity contribution in [3.8, 4) is 0 Å². The maximum Gasteiger partial charge on any atom is 0.253 e. The minimum absolute atomic E-state index is 0.000234. The van der Waals surface area contributed by atoms with Crippen molar-refractivity contribution >= 4 is 64.5 Å². The summed E-state index contributed by atoms with van der Waals surface area (Å²) in [5, 5.41) is 15.8. The lowest BCUT2D eigenvalue weighted by molar-refractivity contribution is -0.137. The van der Waals surface area contributed by atoms with Gasteiger partial charge in [0.2, 0.25) is 35.4 Å². The van der Waals surface area contributed by atoms with Gasteiger partial charge in [-0.25, -0.2) is 0 Å². The van der Waals surface area contributed by atoms with Gasteiger partial charge >= 0.3 is 0 Å². The number of anilines is 1. The largest absolute Gasteiger partial charge is 0.375 e. The van der Waals surface area contributed by atoms with Gasteiger partial charge < -0.3 is 36.6 Å². The van der Waals surface area contributed by atoms with Crippen molar-refractivity contribution in [3.05, 3.63) is 77.9 Å². The number of carbonyl (C=O) groups excluding carboxylic acids is 8. The van der Waals surface area contributed by atoms with Crippen LogP contribution in [0, 0.1) is 5.41 Å². The molecule has 59 heavy (non-hydrogen) atoms. The molecule has 0 fully saturated rings. The molecule has 2 aromatic carbocycles. The number of hydrogen-bond donors (Lipinski definition) is 6. The summed E-state index contributed by atoms with van der Waals surface area (Å²) in [6.45, 7) is 6.85. The first-order valence-corrected chi connectivity index (χ1v) is 20.2. The van der Waals surface area contributed by atoms with Crippen LogP contribution in [-0.2, 0) is 55.4 Å². The van der Waals surface area contributed by atoms with Crippen LogP contribution in [0.15, 0.2) is 66.7 Å². The molecule has 17 heteroatoms. The molecule has 0 saturated heterocycles. The van der Waals surface area contributed by atoms with E-state index in [0.29, 0.717) is 43.8 Å². The number of hydrogen-bond acceptors (Lipinski definition) is 9. The van der Waals surface area contributed by atoms with Crippen molar-refractivity contribution in [2.75, 3.05) is 44.6 Å². The Bertz CT molecular complexity index is 1810. The van der Waals surface area contributed by atoms with Crippen LogP contribution in [0.5, 0.6) is 0 Å². The summed E-state index contributed by atoms with van der Waals surface area (Å²) >= 11 is 5.81. The molecule has 0 spiro atoms. The first-order chi connectivity index (χ1) is 28.1. The predicted octanol–water partition coefficient (Wildman–Crippen LogP) is 2.25. The number of amides is 8. The van der Waals surface area contributed by atoms with E-state index in [0.717, 1.165) is 16.0 Å². The van der Waals surface area contributed by atoms with Gasteiger partial charge in [-0.3, -0.25) is 43.3 Å². The van der Waals surface area contributed by atoms with Crippen LogP contribution in [0.1, 0.15) is 70.9 Å². The van der Waals surface area contributed by atoms with E-state index >= 15 is 0 Å². The van der Waals surface area contributed by atoms with E-state index in [1.54, 1.807) is 55.5 Å². The number of ether oxygens (including phenoxy) is 1. The Hall–Kier alpha value is -5.61. The third-order valence-electron chi connectivity index (χ3n) is 10.2. The highest BCUT2D eigenvalue weighted by Gasteiger charge is 2.33. The maximum atomic E-state index is 13.2. The molecular weight excluding hydrogens is 782 g/mol. The van der Waals surface area contributed by atoms with Crippen LogP contribution in [0.3, 0.4) is 0 Å². The van der Waals surface area contributed by atoms with Gasteiger partial charge in [-0.2, -0.15) is 0 Å². The predicted molar refractivity (Wildman–Crippen MR) is 222 cm³/mol. The minimum Gasteiger partial charge on any atom is -0.375 e. The Morgan fingerprint density at radius 3 is 2.00 bits per heavy atom. The van der Waals surface area contributed by atoms with E-state index in [4.69, 9.17) is 16.3 Å². The summed E-state index contributed by atoms with van der Waals surface area (Å²) in [4.78, 5) is 101. The van der Waals surface area contributed by atoms with Gasteiger partial charge in [-0.05, 0) is 55.9 Å². The molecular formula is C42H56ClN7O9. The molecule has 16 nitrogen and oxygen atoms in total. The molecule has 1 heterocycles. The molecule has 0 radical (unpaired) electrons. The topological polar surface area (TPSA) is 221 Å². The van der Waals surface area contributed by atoms with E-state index in [2.05, 4.69) is 31.9 Å². The molecule has 6 N–H and O–H groups in total. The van der Waals surface area contributed by atoms with Crippen LogP contribution >= 0.6 is 11.6 Å². The molecule has 0 aliphatic carbocycles. The van der Waals surface area contributed by atoms with Gasteiger partial charge in [0.25, 0.3) is 11.8 Å². The first-order valence-electron chi connectivity index (χ1n) is 19.6. The summed E-state index contributed by atoms with van der Waals surface area (Å²) in [5.74, 6) is -3.53. The van der Waals surface area contributed by atoms with E-state index in [1.165, 1.54) is 12.2 Å². The molecule has 0 bridgehead atoms. The molecule has 3 atom stereocenters. The number of benzene rings is 2. The first kappa shape index (κ1) is 47.8. The molecule has 1 aliphatic heterocycles. The Morgan fingerprint density at radius 1 is 0.729 bits per heavy atom. The van der Waals surface area contributed by atoms with Gasteiger partial charge in [0, 0.05) is 61.7 Å². The van der Waals surface area contributed by atoms with E-state index in [-0.39, 0.29) is 50.9 Å². The lowest BCUT2D eigenvalue weighted by Crippen LogP contribution is -2.52. The van der Waals surface area contributed by atoms with Crippen LogP contribution in [0.2, 0.25) is 0 Å². The summed E-state index contributed by atoms with van der Waals surface area (Å²) in [6, 6.07) is 14.9. The smallest absolute Gasteiger partial charge is 0.253 e. The standard InChI is InChI=1S/C42H56ClN7O9/c1-5-41(3,20-23-59-42(4,6-2)19-21-44-33(51)18-22-50-37(55)16-17-38(50)56)40(58)47-26-34(52)45-27-36(54)49-32(24-29-10-8-7-9-11-29)39(57)46-28-35(53)48-31-14-12-30(25-43)13-15-31/h7-17,32H,5-6,18-28H2,1-4H3,(H,44,51)(H,45,52)(H,46,57)(H,47,58)(H,48,53)(H,49,54)/t32-,41?,42?/m0/s1. The van der Waals surface area contributed by atoms with Gasteiger partial charge in [0.1, 0.15) is 6.04 Å². The van der Waals surface area contributed by atoms with Crippen molar-refractivity contribution in [3.63, 3.8) is 0 Å². The minimum atomic E-state index is -1.05. The van der Waals surface area contributed by atoms with Crippen molar-refractivity contribution in [1.29, 1.82) is 0 Å². The Labute approximate surface area is 350 Å². The number of rotatable bonds is 25. The zero-order valence-corrected chi connectivity index (χ0v) is 34.9. The molecule has 2 unspecified atom stereocenters. The van der Waals surface area contributed by atoms with Gasteiger partial charge in [0.15, 0.2) is 0 Å². The summed E-state index contributed by atoms with van der Waals surface area (Å²) < 4.78 is 6.20. The quantitative estimate of drug-likeness (QED) is 0.0637. The average Bonchev–Trinajstić information content (AvgIpc) is 3.56. The zero-order chi connectivity index (χ0) is 43.4. The average molecular weight is 838 g/mol. The number of nitrogens with zero attached hydrogens (tertiary/aromatic N) is 1. The van der Waals surface area contributed by atoms with E-state index < -0.39 is 59.0 Å². The number of nitrogens with one attached hydrogen (secondary N) is 6. The fourth-order valence-corrected chi connectivity index (χ4v) is 6.02. The second-order valence-electron chi connectivity index (χ2n) is 14.7. The lowest BCUT2D eigenvalue weighted by atomic mass is 9.83. The fourth-order valence-electron chi connectivity index (χ4n) is 5.84. The van der Waals surface area contributed by atoms with Gasteiger partial charge in [-0.15, -0.1) is 11.6 Å². The monoisotopic (exact) mass is 837 g/mol. The molecule has 1 aliphatic rings. The van der Waals surface area contributed by atoms with Crippen molar-refractivity contribution in [2.45, 2.75) is 83.7 Å². The number of alkyl halides is 1. The second-order valence-corrected chi connectivity index (χ2v) is 15.0. The SMILES string of the molecule is CCC(C)(CCNC(=O)CCN1C(=O)C=CC1=O)OCCC(C)(CC)C(=O)NCC(=O)NCC(=O)N[C@@H](Cc1ccccc1)C(=O)NCC(=O)Nc1ccc(CCl)cc1. The lowest BCUT2D eigenvalue weighted by Gasteiger charge is -2.32. The van der Waals surface area contributed by atoms with Crippen LogP contribution < -0.4 is 31.9 Å². The summed E-state index contributed by atoms with van der Waals surface area (Å²) in [5.41, 5.74) is 0.709. The highest BCUT2D eigenvalue weighted by atomic mass is 35.5. The van der Waals surface area contributed by atoms with Gasteiger partial charge in [0.05, 0.1) is 25.2 Å². The Morgan fingerprint density at radius 2 is 1.37 bits per heavy atom. The van der Waals surface area contributed by atoms with E-state index in [1.807, 2.05) is 26.8 Å². The molecule has 320 valence electrons. The van der Waals surface area contributed by atoms with Crippen molar-refractivity contribution < 1.29 is 43.1 Å². The third kappa shape index (κ3) is 16.3. The maximum absolute atomic E-state index is 13.2.